The predicted octanol–water partition coefficient (Wildman–Crippen LogP) is 1.88. The van der Waals surface area contributed by atoms with Crippen molar-refractivity contribution in [1.82, 2.24) is 15.5 Å². The molecule has 2 rings (SSSR count). The van der Waals surface area contributed by atoms with E-state index in [4.69, 9.17) is 0 Å². The highest BCUT2D eigenvalue weighted by Gasteiger charge is 2.19. The standard InChI is InChI=1S/C12H17N3O/c1-2-13-12(16)11-7-10(8-14-15-11)9-5-3-4-6-9/h7-9H,2-6H2,1H3,(H,13,16). The number of amides is 1. The lowest BCUT2D eigenvalue weighted by Crippen LogP contribution is -2.24. The van der Waals surface area contributed by atoms with Crippen molar-refractivity contribution in [3.8, 4) is 0 Å². The van der Waals surface area contributed by atoms with E-state index in [0.717, 1.165) is 5.56 Å². The van der Waals surface area contributed by atoms with Gasteiger partial charge in [-0.05, 0) is 37.3 Å². The average Bonchev–Trinajstić information content (AvgIpc) is 2.83. The molecule has 0 atom stereocenters. The van der Waals surface area contributed by atoms with Crippen LogP contribution in [0.5, 0.6) is 0 Å². The molecule has 1 N–H and O–H groups in total. The van der Waals surface area contributed by atoms with Gasteiger partial charge in [-0.3, -0.25) is 4.79 Å². The number of nitrogens with one attached hydrogen (secondary N) is 1. The van der Waals surface area contributed by atoms with Crippen LogP contribution in [0.2, 0.25) is 0 Å². The highest BCUT2D eigenvalue weighted by atomic mass is 16.1. The maximum atomic E-state index is 11.6. The summed E-state index contributed by atoms with van der Waals surface area (Å²) in [6, 6.07) is 1.88. The summed E-state index contributed by atoms with van der Waals surface area (Å²) in [5.41, 5.74) is 1.60. The number of carbonyl (C=O) groups is 1. The molecule has 1 fully saturated rings. The van der Waals surface area contributed by atoms with Crippen LogP contribution >= 0.6 is 0 Å². The number of hydrogen-bond acceptors (Lipinski definition) is 3. The van der Waals surface area contributed by atoms with E-state index >= 15 is 0 Å². The highest BCUT2D eigenvalue weighted by Crippen LogP contribution is 2.33. The molecule has 0 saturated heterocycles. The molecule has 0 aromatic carbocycles. The molecule has 0 unspecified atom stereocenters. The molecule has 0 bridgehead atoms. The number of nitrogens with zero attached hydrogens (tertiary/aromatic N) is 2. The van der Waals surface area contributed by atoms with Gasteiger partial charge in [0.05, 0.1) is 6.20 Å². The average molecular weight is 219 g/mol. The van der Waals surface area contributed by atoms with Crippen molar-refractivity contribution in [3.63, 3.8) is 0 Å². The largest absolute Gasteiger partial charge is 0.351 e. The molecule has 1 aromatic rings. The first-order valence-electron chi connectivity index (χ1n) is 5.92. The van der Waals surface area contributed by atoms with Gasteiger partial charge in [0.2, 0.25) is 0 Å². The summed E-state index contributed by atoms with van der Waals surface area (Å²) in [5.74, 6) is 0.443. The van der Waals surface area contributed by atoms with Gasteiger partial charge in [-0.2, -0.15) is 5.10 Å². The quantitative estimate of drug-likeness (QED) is 0.844. The molecule has 0 spiro atoms. The van der Waals surface area contributed by atoms with Gasteiger partial charge in [0, 0.05) is 6.54 Å². The van der Waals surface area contributed by atoms with Crippen LogP contribution in [-0.2, 0) is 0 Å². The second-order valence-electron chi connectivity index (χ2n) is 4.21. The lowest BCUT2D eigenvalue weighted by Gasteiger charge is -2.09. The van der Waals surface area contributed by atoms with Crippen LogP contribution in [0, 0.1) is 0 Å². The molecule has 4 heteroatoms. The number of hydrogen-bond donors (Lipinski definition) is 1. The number of rotatable bonds is 3. The highest BCUT2D eigenvalue weighted by molar-refractivity contribution is 5.92. The fourth-order valence-corrected chi connectivity index (χ4v) is 2.23. The van der Waals surface area contributed by atoms with E-state index < -0.39 is 0 Å². The Morgan fingerprint density at radius 3 is 2.94 bits per heavy atom. The molecular formula is C12H17N3O. The van der Waals surface area contributed by atoms with E-state index in [1.54, 1.807) is 6.20 Å². The van der Waals surface area contributed by atoms with Crippen molar-refractivity contribution < 1.29 is 4.79 Å². The van der Waals surface area contributed by atoms with Gasteiger partial charge >= 0.3 is 0 Å². The molecule has 0 aliphatic heterocycles. The van der Waals surface area contributed by atoms with Gasteiger partial charge in [-0.25, -0.2) is 0 Å². The minimum Gasteiger partial charge on any atom is -0.351 e. The molecule has 1 aromatic heterocycles. The zero-order valence-electron chi connectivity index (χ0n) is 9.57. The molecule has 0 radical (unpaired) electrons. The monoisotopic (exact) mass is 219 g/mol. The first kappa shape index (κ1) is 11.0. The van der Waals surface area contributed by atoms with Crippen LogP contribution in [0.1, 0.15) is 54.6 Å². The summed E-state index contributed by atoms with van der Waals surface area (Å²) in [6.07, 6.45) is 6.77. The molecular weight excluding hydrogens is 202 g/mol. The molecule has 86 valence electrons. The van der Waals surface area contributed by atoms with Crippen LogP contribution < -0.4 is 5.32 Å². The Hall–Kier alpha value is -1.45. The Morgan fingerprint density at radius 1 is 1.50 bits per heavy atom. The smallest absolute Gasteiger partial charge is 0.271 e. The third-order valence-corrected chi connectivity index (χ3v) is 3.07. The van der Waals surface area contributed by atoms with Crippen LogP contribution in [0.3, 0.4) is 0 Å². The summed E-state index contributed by atoms with van der Waals surface area (Å²) in [6.45, 7) is 2.51. The maximum absolute atomic E-state index is 11.6. The first-order chi connectivity index (χ1) is 7.81. The van der Waals surface area contributed by atoms with Crippen LogP contribution in [0.15, 0.2) is 12.3 Å². The van der Waals surface area contributed by atoms with Crippen molar-refractivity contribution in [1.29, 1.82) is 0 Å². The maximum Gasteiger partial charge on any atom is 0.271 e. The summed E-state index contributed by atoms with van der Waals surface area (Å²) >= 11 is 0. The molecule has 4 nitrogen and oxygen atoms in total. The fraction of sp³-hybridized carbons (Fsp3) is 0.583. The fourth-order valence-electron chi connectivity index (χ4n) is 2.23. The zero-order chi connectivity index (χ0) is 11.4. The Bertz CT molecular complexity index is 372. The Balaban J connectivity index is 2.15. The summed E-state index contributed by atoms with van der Waals surface area (Å²) in [5, 5.41) is 10.5. The lowest BCUT2D eigenvalue weighted by atomic mass is 9.99. The van der Waals surface area contributed by atoms with Crippen molar-refractivity contribution in [3.05, 3.63) is 23.5 Å². The second-order valence-corrected chi connectivity index (χ2v) is 4.21. The summed E-state index contributed by atoms with van der Waals surface area (Å²) < 4.78 is 0. The number of aromatic nitrogens is 2. The van der Waals surface area contributed by atoms with E-state index in [1.165, 1.54) is 25.7 Å². The molecule has 1 aliphatic carbocycles. The summed E-state index contributed by atoms with van der Waals surface area (Å²) in [7, 11) is 0. The van der Waals surface area contributed by atoms with E-state index in [9.17, 15) is 4.79 Å². The van der Waals surface area contributed by atoms with Gasteiger partial charge in [0.15, 0.2) is 5.69 Å². The van der Waals surface area contributed by atoms with Crippen LogP contribution in [-0.4, -0.2) is 22.6 Å². The normalized spacial score (nSPS) is 16.3. The topological polar surface area (TPSA) is 54.9 Å². The van der Waals surface area contributed by atoms with Crippen LogP contribution in [0.25, 0.3) is 0 Å². The minimum absolute atomic E-state index is 0.130. The number of carbonyl (C=O) groups excluding carboxylic acids is 1. The van der Waals surface area contributed by atoms with Gasteiger partial charge < -0.3 is 5.32 Å². The zero-order valence-corrected chi connectivity index (χ0v) is 9.57. The Labute approximate surface area is 95.5 Å². The second kappa shape index (κ2) is 5.05. The van der Waals surface area contributed by atoms with Crippen molar-refractivity contribution in [2.24, 2.45) is 0 Å². The Kier molecular flexibility index (Phi) is 3.49. The Morgan fingerprint density at radius 2 is 2.25 bits per heavy atom. The third-order valence-electron chi connectivity index (χ3n) is 3.07. The van der Waals surface area contributed by atoms with Crippen LogP contribution in [0.4, 0.5) is 0 Å². The van der Waals surface area contributed by atoms with Crippen molar-refractivity contribution in [2.75, 3.05) is 6.54 Å². The molecule has 1 amide bonds. The van der Waals surface area contributed by atoms with E-state index in [0.29, 0.717) is 18.2 Å². The summed E-state index contributed by atoms with van der Waals surface area (Å²) in [4.78, 5) is 11.6. The molecule has 1 saturated carbocycles. The van der Waals surface area contributed by atoms with Gasteiger partial charge in [-0.1, -0.05) is 12.8 Å². The molecule has 16 heavy (non-hydrogen) atoms. The van der Waals surface area contributed by atoms with Crippen molar-refractivity contribution in [2.45, 2.75) is 38.5 Å². The third kappa shape index (κ3) is 2.38. The first-order valence-corrected chi connectivity index (χ1v) is 5.92. The van der Waals surface area contributed by atoms with E-state index in [2.05, 4.69) is 15.5 Å². The molecule has 1 heterocycles. The van der Waals surface area contributed by atoms with Crippen molar-refractivity contribution >= 4 is 5.91 Å². The van der Waals surface area contributed by atoms with Gasteiger partial charge in [0.25, 0.3) is 5.91 Å². The SMILES string of the molecule is CCNC(=O)c1cc(C2CCCC2)cnn1. The van der Waals surface area contributed by atoms with Gasteiger partial charge in [-0.15, -0.1) is 5.10 Å². The van der Waals surface area contributed by atoms with E-state index in [-0.39, 0.29) is 5.91 Å². The van der Waals surface area contributed by atoms with E-state index in [1.807, 2.05) is 13.0 Å². The molecule has 1 aliphatic rings. The lowest BCUT2D eigenvalue weighted by molar-refractivity contribution is 0.0949. The van der Waals surface area contributed by atoms with Gasteiger partial charge in [0.1, 0.15) is 0 Å². The predicted molar refractivity (Wildman–Crippen MR) is 61.2 cm³/mol. The minimum atomic E-state index is -0.130.